The van der Waals surface area contributed by atoms with Crippen molar-refractivity contribution in [2.75, 3.05) is 0 Å². The Bertz CT molecular complexity index is 398. The topological polar surface area (TPSA) is 66.8 Å². The van der Waals surface area contributed by atoms with E-state index in [0.29, 0.717) is 17.7 Å². The summed E-state index contributed by atoms with van der Waals surface area (Å²) < 4.78 is 5.41. The van der Waals surface area contributed by atoms with Crippen molar-refractivity contribution in [3.05, 3.63) is 29.3 Å². The van der Waals surface area contributed by atoms with Crippen LogP contribution in [-0.2, 0) is 4.79 Å². The largest absolute Gasteiger partial charge is 0.479 e. The molecule has 2 unspecified atom stereocenters. The molecule has 0 saturated heterocycles. The Hall–Kier alpha value is -1.55. The van der Waals surface area contributed by atoms with Gasteiger partial charge in [-0.3, -0.25) is 0 Å². The third kappa shape index (κ3) is 3.46. The highest BCUT2D eigenvalue weighted by Gasteiger charge is 2.19. The SMILES string of the molecule is CCC(Oc1ccc(C)cc1C(C)O)C(=O)O. The molecule has 2 N–H and O–H groups in total. The predicted molar refractivity (Wildman–Crippen MR) is 64.2 cm³/mol. The Balaban J connectivity index is 3.01. The molecule has 1 rings (SSSR count). The normalized spacial score (nSPS) is 14.1. The van der Waals surface area contributed by atoms with Crippen LogP contribution in [0.4, 0.5) is 0 Å². The number of benzene rings is 1. The summed E-state index contributed by atoms with van der Waals surface area (Å²) in [7, 11) is 0. The van der Waals surface area contributed by atoms with Gasteiger partial charge in [0, 0.05) is 5.56 Å². The van der Waals surface area contributed by atoms with Gasteiger partial charge in [-0.05, 0) is 32.4 Å². The molecule has 17 heavy (non-hydrogen) atoms. The maximum atomic E-state index is 10.9. The van der Waals surface area contributed by atoms with E-state index >= 15 is 0 Å². The lowest BCUT2D eigenvalue weighted by atomic mass is 10.1. The Kier molecular flexibility index (Phi) is 4.52. The van der Waals surface area contributed by atoms with Crippen LogP contribution < -0.4 is 4.74 Å². The van der Waals surface area contributed by atoms with E-state index in [1.165, 1.54) is 0 Å². The van der Waals surface area contributed by atoms with Gasteiger partial charge in [0.25, 0.3) is 0 Å². The Morgan fingerprint density at radius 3 is 2.59 bits per heavy atom. The van der Waals surface area contributed by atoms with Crippen molar-refractivity contribution < 1.29 is 19.7 Å². The quantitative estimate of drug-likeness (QED) is 0.826. The van der Waals surface area contributed by atoms with Crippen molar-refractivity contribution in [2.45, 2.75) is 39.4 Å². The summed E-state index contributed by atoms with van der Waals surface area (Å²) in [5.41, 5.74) is 1.61. The fourth-order valence-electron chi connectivity index (χ4n) is 1.56. The fourth-order valence-corrected chi connectivity index (χ4v) is 1.56. The van der Waals surface area contributed by atoms with Crippen LogP contribution in [0.25, 0.3) is 0 Å². The zero-order valence-electron chi connectivity index (χ0n) is 10.3. The van der Waals surface area contributed by atoms with Gasteiger partial charge in [-0.1, -0.05) is 18.6 Å². The van der Waals surface area contributed by atoms with Gasteiger partial charge >= 0.3 is 5.97 Å². The van der Waals surface area contributed by atoms with Gasteiger partial charge in [-0.2, -0.15) is 0 Å². The number of aliphatic hydroxyl groups is 1. The molecule has 0 aliphatic heterocycles. The van der Waals surface area contributed by atoms with E-state index in [0.717, 1.165) is 5.56 Å². The van der Waals surface area contributed by atoms with Crippen LogP contribution in [0.15, 0.2) is 18.2 Å². The summed E-state index contributed by atoms with van der Waals surface area (Å²) in [5, 5.41) is 18.6. The molecule has 0 bridgehead atoms. The van der Waals surface area contributed by atoms with E-state index in [1.807, 2.05) is 13.0 Å². The first-order chi connectivity index (χ1) is 7.95. The highest BCUT2D eigenvalue weighted by atomic mass is 16.5. The number of carboxylic acid groups (broad SMARTS) is 1. The summed E-state index contributed by atoms with van der Waals surface area (Å²) in [6, 6.07) is 5.33. The number of rotatable bonds is 5. The lowest BCUT2D eigenvalue weighted by Crippen LogP contribution is -2.26. The number of ether oxygens (including phenoxy) is 1. The second-order valence-corrected chi connectivity index (χ2v) is 4.07. The van der Waals surface area contributed by atoms with Crippen molar-refractivity contribution in [3.8, 4) is 5.75 Å². The number of aliphatic hydroxyl groups excluding tert-OH is 1. The molecule has 1 aromatic rings. The Morgan fingerprint density at radius 2 is 2.12 bits per heavy atom. The van der Waals surface area contributed by atoms with Crippen molar-refractivity contribution in [1.82, 2.24) is 0 Å². The lowest BCUT2D eigenvalue weighted by Gasteiger charge is -2.18. The average molecular weight is 238 g/mol. The molecule has 0 heterocycles. The predicted octanol–water partition coefficient (Wildman–Crippen LogP) is 2.29. The molecule has 0 radical (unpaired) electrons. The first-order valence-corrected chi connectivity index (χ1v) is 5.63. The van der Waals surface area contributed by atoms with Crippen LogP contribution in [-0.4, -0.2) is 22.3 Å². The molecule has 0 fully saturated rings. The number of carboxylic acids is 1. The molecule has 2 atom stereocenters. The first-order valence-electron chi connectivity index (χ1n) is 5.63. The molecule has 0 aliphatic rings. The summed E-state index contributed by atoms with van der Waals surface area (Å²) >= 11 is 0. The maximum Gasteiger partial charge on any atom is 0.344 e. The number of carbonyl (C=O) groups is 1. The van der Waals surface area contributed by atoms with Crippen LogP contribution in [0, 0.1) is 6.92 Å². The number of hydrogen-bond acceptors (Lipinski definition) is 3. The molecule has 0 amide bonds. The fraction of sp³-hybridized carbons (Fsp3) is 0.462. The Labute approximate surface area is 101 Å². The lowest BCUT2D eigenvalue weighted by molar-refractivity contribution is -0.145. The van der Waals surface area contributed by atoms with Crippen LogP contribution in [0.3, 0.4) is 0 Å². The third-order valence-electron chi connectivity index (χ3n) is 2.53. The summed E-state index contributed by atoms with van der Waals surface area (Å²) in [6.07, 6.45) is -1.19. The van der Waals surface area contributed by atoms with Crippen LogP contribution in [0.1, 0.15) is 37.5 Å². The summed E-state index contributed by atoms with van der Waals surface area (Å²) in [4.78, 5) is 10.9. The van der Waals surface area contributed by atoms with E-state index in [1.54, 1.807) is 26.0 Å². The molecule has 4 heteroatoms. The second kappa shape index (κ2) is 5.68. The second-order valence-electron chi connectivity index (χ2n) is 4.07. The van der Waals surface area contributed by atoms with E-state index in [4.69, 9.17) is 9.84 Å². The minimum Gasteiger partial charge on any atom is -0.479 e. The van der Waals surface area contributed by atoms with Gasteiger partial charge in [0.15, 0.2) is 6.10 Å². The molecule has 0 aromatic heterocycles. The molecule has 1 aromatic carbocycles. The molecule has 94 valence electrons. The van der Waals surface area contributed by atoms with Gasteiger partial charge < -0.3 is 14.9 Å². The summed E-state index contributed by atoms with van der Waals surface area (Å²) in [5.74, 6) is -0.565. The third-order valence-corrected chi connectivity index (χ3v) is 2.53. The van der Waals surface area contributed by atoms with E-state index in [2.05, 4.69) is 0 Å². The molecule has 0 spiro atoms. The van der Waals surface area contributed by atoms with Gasteiger partial charge in [-0.15, -0.1) is 0 Å². The molecule has 0 saturated carbocycles. The zero-order chi connectivity index (χ0) is 13.0. The monoisotopic (exact) mass is 238 g/mol. The smallest absolute Gasteiger partial charge is 0.344 e. The van der Waals surface area contributed by atoms with E-state index in [-0.39, 0.29) is 0 Å². The van der Waals surface area contributed by atoms with Crippen molar-refractivity contribution in [2.24, 2.45) is 0 Å². The Morgan fingerprint density at radius 1 is 1.47 bits per heavy atom. The molecule has 0 aliphatic carbocycles. The number of hydrogen-bond donors (Lipinski definition) is 2. The average Bonchev–Trinajstić information content (AvgIpc) is 2.26. The van der Waals surface area contributed by atoms with E-state index < -0.39 is 18.2 Å². The van der Waals surface area contributed by atoms with Crippen LogP contribution >= 0.6 is 0 Å². The minimum atomic E-state index is -0.996. The van der Waals surface area contributed by atoms with Gasteiger partial charge in [0.05, 0.1) is 6.10 Å². The van der Waals surface area contributed by atoms with Crippen molar-refractivity contribution in [3.63, 3.8) is 0 Å². The van der Waals surface area contributed by atoms with Gasteiger partial charge in [0.1, 0.15) is 5.75 Å². The molecular weight excluding hydrogens is 220 g/mol. The van der Waals surface area contributed by atoms with Gasteiger partial charge in [0.2, 0.25) is 0 Å². The minimum absolute atomic E-state index is 0.377. The molecular formula is C13H18O4. The molecule has 4 nitrogen and oxygen atoms in total. The summed E-state index contributed by atoms with van der Waals surface area (Å²) in [6.45, 7) is 5.28. The van der Waals surface area contributed by atoms with Gasteiger partial charge in [-0.25, -0.2) is 4.79 Å². The highest BCUT2D eigenvalue weighted by Crippen LogP contribution is 2.27. The zero-order valence-corrected chi connectivity index (χ0v) is 10.3. The van der Waals surface area contributed by atoms with Crippen molar-refractivity contribution >= 4 is 5.97 Å². The number of aliphatic carboxylic acids is 1. The van der Waals surface area contributed by atoms with Crippen LogP contribution in [0.2, 0.25) is 0 Å². The van der Waals surface area contributed by atoms with Crippen molar-refractivity contribution in [1.29, 1.82) is 0 Å². The highest BCUT2D eigenvalue weighted by molar-refractivity contribution is 5.72. The standard InChI is InChI=1S/C13H18O4/c1-4-11(13(15)16)17-12-6-5-8(2)7-10(12)9(3)14/h5-7,9,11,14H,4H2,1-3H3,(H,15,16). The van der Waals surface area contributed by atoms with Crippen LogP contribution in [0.5, 0.6) is 5.75 Å². The maximum absolute atomic E-state index is 10.9. The first kappa shape index (κ1) is 13.5. The number of aryl methyl sites for hydroxylation is 1. The van der Waals surface area contributed by atoms with E-state index in [9.17, 15) is 9.90 Å².